The van der Waals surface area contributed by atoms with E-state index >= 15 is 0 Å². The molecule has 0 amide bonds. The van der Waals surface area contributed by atoms with Crippen molar-refractivity contribution in [3.05, 3.63) is 0 Å². The van der Waals surface area contributed by atoms with Crippen molar-refractivity contribution in [1.82, 2.24) is 0 Å². The van der Waals surface area contributed by atoms with Crippen LogP contribution in [0.2, 0.25) is 0 Å². The van der Waals surface area contributed by atoms with Crippen molar-refractivity contribution >= 4 is 35.8 Å². The average Bonchev–Trinajstić information content (AvgIpc) is 3.64. The fourth-order valence-electron chi connectivity index (χ4n) is 11.6. The zero-order valence-corrected chi connectivity index (χ0v) is 70.8. The molecule has 0 rings (SSSR count). The van der Waals surface area contributed by atoms with Crippen LogP contribution in [0.25, 0.3) is 0 Å². The quantitative estimate of drug-likeness (QED) is 0.0517. The summed E-state index contributed by atoms with van der Waals surface area (Å²) in [5, 5.41) is 60.9. The van der Waals surface area contributed by atoms with Crippen LogP contribution >= 0.6 is 0 Å². The summed E-state index contributed by atoms with van der Waals surface area (Å²) in [6.07, 6.45) is 84.2. The zero-order valence-electron chi connectivity index (χ0n) is 65.7. The maximum Gasteiger partial charge on any atom is 3.00 e. The molecule has 0 aliphatic heterocycles. The number of hydrogen-bond acceptors (Lipinski definition) is 12. The van der Waals surface area contributed by atoms with Gasteiger partial charge in [0.25, 0.3) is 0 Å². The summed E-state index contributed by atoms with van der Waals surface area (Å²) in [7, 11) is 0. The zero-order chi connectivity index (χ0) is 72.4. The summed E-state index contributed by atoms with van der Waals surface area (Å²) in [5.41, 5.74) is 0. The molecule has 0 aliphatic carbocycles. The Balaban J connectivity index is -0.000000165. The van der Waals surface area contributed by atoms with E-state index in [-0.39, 0.29) is 111 Å². The molecule has 0 unspecified atom stereocenters. The molecule has 0 saturated carbocycles. The number of carboxylic acids is 6. The Labute approximate surface area is 665 Å². The SMILES string of the molecule is CCCCCCCCCCCCCC(=O)[O-].CCCCCCCCCCCCCC(=O)[O-].CCCCCCCCCCCCCC(=O)[O-].CCCCCCCCCCCCCC(=O)[O-].CCCCCCCCCCCCCC(=O)[O-].CCCCCCCCCCCCCC(=O)[O-].[Gd+3].[Y+3]. The van der Waals surface area contributed by atoms with Crippen molar-refractivity contribution in [3.8, 4) is 0 Å². The van der Waals surface area contributed by atoms with E-state index in [1.165, 1.54) is 347 Å². The van der Waals surface area contributed by atoms with Gasteiger partial charge < -0.3 is 59.4 Å². The van der Waals surface area contributed by atoms with Gasteiger partial charge in [-0.1, -0.05) is 427 Å². The minimum Gasteiger partial charge on any atom is -0.550 e. The Morgan fingerprint density at radius 3 is 0.265 bits per heavy atom. The summed E-state index contributed by atoms with van der Waals surface area (Å²) in [4.78, 5) is 60.9. The van der Waals surface area contributed by atoms with Crippen LogP contribution in [0.3, 0.4) is 0 Å². The van der Waals surface area contributed by atoms with Gasteiger partial charge in [-0.2, -0.15) is 0 Å². The minimum absolute atomic E-state index is 0. The van der Waals surface area contributed by atoms with E-state index in [0.717, 1.165) is 77.0 Å². The van der Waals surface area contributed by atoms with Crippen LogP contribution < -0.4 is 30.6 Å². The molecule has 12 nitrogen and oxygen atoms in total. The predicted octanol–water partition coefficient (Wildman–Crippen LogP) is 20.6. The first-order valence-corrected chi connectivity index (χ1v) is 41.8. The number of carboxylic acid groups (broad SMARTS) is 6. The van der Waals surface area contributed by atoms with E-state index in [1.54, 1.807) is 0 Å². The second kappa shape index (κ2) is 110. The largest absolute Gasteiger partial charge is 3.00 e. The van der Waals surface area contributed by atoms with Crippen molar-refractivity contribution in [2.45, 2.75) is 504 Å². The van der Waals surface area contributed by atoms with Crippen LogP contribution in [0, 0.1) is 39.9 Å². The summed E-state index contributed by atoms with van der Waals surface area (Å²) >= 11 is 0. The van der Waals surface area contributed by atoms with E-state index in [9.17, 15) is 59.4 Å². The molecule has 1 radical (unpaired) electrons. The predicted molar refractivity (Wildman–Crippen MR) is 397 cm³/mol. The van der Waals surface area contributed by atoms with E-state index in [2.05, 4.69) is 41.5 Å². The van der Waals surface area contributed by atoms with Gasteiger partial charge in [0.15, 0.2) is 0 Å². The average molecular weight is 1610 g/mol. The van der Waals surface area contributed by atoms with Gasteiger partial charge in [-0.3, -0.25) is 0 Å². The number of hydrogen-bond donors (Lipinski definition) is 0. The molecule has 0 bridgehead atoms. The van der Waals surface area contributed by atoms with Crippen LogP contribution in [0.4, 0.5) is 0 Å². The van der Waals surface area contributed by atoms with Crippen LogP contribution in [-0.4, -0.2) is 35.8 Å². The number of rotatable bonds is 72. The molecule has 0 aliphatic rings. The smallest absolute Gasteiger partial charge is 0.550 e. The molecular weight excluding hydrogens is 1450 g/mol. The van der Waals surface area contributed by atoms with Gasteiger partial charge in [-0.15, -0.1) is 0 Å². The van der Waals surface area contributed by atoms with Crippen molar-refractivity contribution < 1.29 is 132 Å². The third kappa shape index (κ3) is 142. The third-order valence-corrected chi connectivity index (χ3v) is 17.9. The Hall–Kier alpha value is -0.751. The minimum atomic E-state index is -0.907. The molecule has 14 heteroatoms. The molecule has 581 valence electrons. The normalized spacial score (nSPS) is 10.3. The summed E-state index contributed by atoms with van der Waals surface area (Å²) in [6, 6.07) is 0. The fourth-order valence-corrected chi connectivity index (χ4v) is 11.6. The van der Waals surface area contributed by atoms with Gasteiger partial charge in [-0.05, 0) is 77.0 Å². The van der Waals surface area contributed by atoms with E-state index < -0.39 is 35.8 Å². The Bertz CT molecular complexity index is 1220. The van der Waals surface area contributed by atoms with Gasteiger partial charge in [-0.25, -0.2) is 0 Å². The number of aliphatic carboxylic acids is 6. The molecular formula is C84H162GdO12Y. The van der Waals surface area contributed by atoms with Crippen LogP contribution in [-0.2, 0) is 61.5 Å². The van der Waals surface area contributed by atoms with E-state index in [1.807, 2.05) is 0 Å². The molecule has 0 atom stereocenters. The second-order valence-corrected chi connectivity index (χ2v) is 27.9. The summed E-state index contributed by atoms with van der Waals surface area (Å²) in [5.74, 6) is -5.44. The van der Waals surface area contributed by atoms with Crippen molar-refractivity contribution in [2.75, 3.05) is 0 Å². The van der Waals surface area contributed by atoms with Gasteiger partial charge in [0, 0.05) is 35.8 Å². The van der Waals surface area contributed by atoms with Crippen molar-refractivity contribution in [1.29, 1.82) is 0 Å². The van der Waals surface area contributed by atoms with Crippen LogP contribution in [0.1, 0.15) is 504 Å². The van der Waals surface area contributed by atoms with Gasteiger partial charge in [0.2, 0.25) is 0 Å². The standard InChI is InChI=1S/6C14H28O2.Gd.Y/c6*1-2-3-4-5-6-7-8-9-10-11-12-13-14(15)16;;/h6*2-13H2,1H3,(H,15,16);;/q;;;;;;2*+3/p-6. The molecule has 0 aromatic heterocycles. The first-order valence-electron chi connectivity index (χ1n) is 41.8. The topological polar surface area (TPSA) is 241 Å². The van der Waals surface area contributed by atoms with E-state index in [0.29, 0.717) is 0 Å². The number of carbonyl (C=O) groups excluding carboxylic acids is 6. The molecule has 0 saturated heterocycles. The number of unbranched alkanes of at least 4 members (excludes halogenated alkanes) is 60. The van der Waals surface area contributed by atoms with Gasteiger partial charge >= 0.3 is 72.6 Å². The number of carbonyl (C=O) groups is 6. The Morgan fingerprint density at radius 2 is 0.204 bits per heavy atom. The monoisotopic (exact) mass is 1610 g/mol. The Morgan fingerprint density at radius 1 is 0.143 bits per heavy atom. The maximum absolute atomic E-state index is 10.1. The van der Waals surface area contributed by atoms with Gasteiger partial charge in [0.1, 0.15) is 0 Å². The molecule has 0 aromatic rings. The fraction of sp³-hybridized carbons (Fsp3) is 0.929. The molecule has 0 spiro atoms. The van der Waals surface area contributed by atoms with Crippen LogP contribution in [0.5, 0.6) is 0 Å². The van der Waals surface area contributed by atoms with E-state index in [4.69, 9.17) is 0 Å². The molecule has 0 heterocycles. The molecule has 0 fully saturated rings. The maximum atomic E-state index is 10.1. The molecule has 0 N–H and O–H groups in total. The first-order chi connectivity index (χ1) is 46.6. The molecule has 0 aromatic carbocycles. The third-order valence-electron chi connectivity index (χ3n) is 17.9. The van der Waals surface area contributed by atoms with Gasteiger partial charge in [0.05, 0.1) is 0 Å². The second-order valence-electron chi connectivity index (χ2n) is 27.9. The molecule has 98 heavy (non-hydrogen) atoms. The summed E-state index contributed by atoms with van der Waals surface area (Å²) < 4.78 is 0. The van der Waals surface area contributed by atoms with Crippen LogP contribution in [0.15, 0.2) is 0 Å². The van der Waals surface area contributed by atoms with Crippen molar-refractivity contribution in [2.24, 2.45) is 0 Å². The van der Waals surface area contributed by atoms with Crippen molar-refractivity contribution in [3.63, 3.8) is 0 Å². The summed E-state index contributed by atoms with van der Waals surface area (Å²) in [6.45, 7) is 13.5. The first kappa shape index (κ1) is 113. The Kier molecular flexibility index (Phi) is 127.